The topological polar surface area (TPSA) is 131 Å². The van der Waals surface area contributed by atoms with E-state index in [1.54, 1.807) is 34.6 Å². The summed E-state index contributed by atoms with van der Waals surface area (Å²) >= 11 is 0. The predicted octanol–water partition coefficient (Wildman–Crippen LogP) is 2.96. The molecule has 1 aromatic carbocycles. The largest absolute Gasteiger partial charge is 0.444 e. The molecule has 1 rings (SSSR count). The number of carbonyl (C=O) groups excluding carboxylic acids is 4. The van der Waals surface area contributed by atoms with Gasteiger partial charge in [-0.1, -0.05) is 29.8 Å². The monoisotopic (exact) mass is 476 g/mol. The lowest BCUT2D eigenvalue weighted by Crippen LogP contribution is -2.55. The number of nitrogens with one attached hydrogen (secondary N) is 2. The molecule has 0 heterocycles. The first kappa shape index (κ1) is 28.9. The maximum Gasteiger partial charge on any atom is 0.408 e. The number of ether oxygens (including phenoxy) is 1. The van der Waals surface area contributed by atoms with Crippen LogP contribution in [0.25, 0.3) is 0 Å². The van der Waals surface area contributed by atoms with Crippen molar-refractivity contribution in [3.05, 3.63) is 35.4 Å². The minimum Gasteiger partial charge on any atom is -0.444 e. The van der Waals surface area contributed by atoms with Gasteiger partial charge in [0.25, 0.3) is 0 Å². The van der Waals surface area contributed by atoms with Gasteiger partial charge in [0.2, 0.25) is 17.7 Å². The second-order valence-corrected chi connectivity index (χ2v) is 10.0. The minimum absolute atomic E-state index is 0.0248. The van der Waals surface area contributed by atoms with Gasteiger partial charge < -0.3 is 26.0 Å². The lowest BCUT2D eigenvalue weighted by atomic mass is 9.99. The van der Waals surface area contributed by atoms with Crippen molar-refractivity contribution < 1.29 is 23.9 Å². The molecule has 0 aliphatic heterocycles. The summed E-state index contributed by atoms with van der Waals surface area (Å²) in [4.78, 5) is 52.4. The van der Waals surface area contributed by atoms with Crippen molar-refractivity contribution in [2.45, 2.75) is 98.0 Å². The van der Waals surface area contributed by atoms with E-state index in [0.29, 0.717) is 5.56 Å². The van der Waals surface area contributed by atoms with Gasteiger partial charge in [-0.25, -0.2) is 4.79 Å². The highest BCUT2D eigenvalue weighted by Gasteiger charge is 2.38. The second kappa shape index (κ2) is 12.4. The van der Waals surface area contributed by atoms with Crippen molar-refractivity contribution in [2.24, 2.45) is 5.73 Å². The van der Waals surface area contributed by atoms with Crippen LogP contribution in [0.2, 0.25) is 0 Å². The van der Waals surface area contributed by atoms with Crippen LogP contribution in [0.4, 0.5) is 4.79 Å². The van der Waals surface area contributed by atoms with E-state index in [2.05, 4.69) is 10.6 Å². The predicted molar refractivity (Wildman–Crippen MR) is 131 cm³/mol. The molecule has 0 aromatic heterocycles. The Bertz CT molecular complexity index is 859. The molecule has 0 bridgehead atoms. The van der Waals surface area contributed by atoms with E-state index < -0.39 is 41.6 Å². The van der Waals surface area contributed by atoms with E-state index in [4.69, 9.17) is 10.5 Å². The Morgan fingerprint density at radius 1 is 1.00 bits per heavy atom. The fraction of sp³-hybridized carbons (Fsp3) is 0.600. The molecule has 4 N–H and O–H groups in total. The van der Waals surface area contributed by atoms with E-state index in [0.717, 1.165) is 5.56 Å². The molecule has 9 heteroatoms. The van der Waals surface area contributed by atoms with Gasteiger partial charge in [0.1, 0.15) is 17.7 Å². The molecule has 1 aromatic rings. The van der Waals surface area contributed by atoms with Gasteiger partial charge in [-0.05, 0) is 67.4 Å². The molecule has 4 amide bonds. The van der Waals surface area contributed by atoms with Crippen LogP contribution in [-0.2, 0) is 19.1 Å². The first-order chi connectivity index (χ1) is 15.6. The van der Waals surface area contributed by atoms with Crippen molar-refractivity contribution in [1.29, 1.82) is 0 Å². The first-order valence-corrected chi connectivity index (χ1v) is 11.6. The van der Waals surface area contributed by atoms with Gasteiger partial charge >= 0.3 is 6.09 Å². The number of amides is 4. The average molecular weight is 477 g/mol. The van der Waals surface area contributed by atoms with Gasteiger partial charge in [0, 0.05) is 18.5 Å². The Hall–Kier alpha value is -3.10. The normalized spacial score (nSPS) is 13.2. The molecule has 0 radical (unpaired) electrons. The van der Waals surface area contributed by atoms with Crippen molar-refractivity contribution in [2.75, 3.05) is 0 Å². The summed E-state index contributed by atoms with van der Waals surface area (Å²) in [7, 11) is 0. The quantitative estimate of drug-likeness (QED) is 0.478. The van der Waals surface area contributed by atoms with Gasteiger partial charge in [0.15, 0.2) is 0 Å². The van der Waals surface area contributed by atoms with Gasteiger partial charge in [-0.2, -0.15) is 0 Å². The summed E-state index contributed by atoms with van der Waals surface area (Å²) in [5, 5.41) is 5.46. The van der Waals surface area contributed by atoms with Gasteiger partial charge in [-0.15, -0.1) is 0 Å². The number of rotatable bonds is 10. The van der Waals surface area contributed by atoms with E-state index in [9.17, 15) is 19.2 Å². The van der Waals surface area contributed by atoms with Crippen LogP contribution >= 0.6 is 0 Å². The van der Waals surface area contributed by atoms with E-state index >= 15 is 0 Å². The molecule has 0 saturated carbocycles. The highest BCUT2D eigenvalue weighted by molar-refractivity contribution is 5.92. The van der Waals surface area contributed by atoms with E-state index in [-0.39, 0.29) is 24.8 Å². The molecule has 34 heavy (non-hydrogen) atoms. The van der Waals surface area contributed by atoms with Gasteiger partial charge in [-0.3, -0.25) is 14.4 Å². The summed E-state index contributed by atoms with van der Waals surface area (Å²) in [6, 6.07) is 4.78. The number of primary amides is 1. The molecule has 190 valence electrons. The third-order valence-electron chi connectivity index (χ3n) is 4.83. The number of aryl methyl sites for hydroxylation is 1. The van der Waals surface area contributed by atoms with Crippen LogP contribution in [0.15, 0.2) is 24.3 Å². The zero-order chi connectivity index (χ0) is 26.2. The minimum atomic E-state index is -1.11. The molecule has 0 aliphatic rings. The van der Waals surface area contributed by atoms with Crippen LogP contribution < -0.4 is 16.4 Å². The average Bonchev–Trinajstić information content (AvgIpc) is 2.67. The van der Waals surface area contributed by atoms with Crippen LogP contribution in [-0.4, -0.2) is 52.4 Å². The molecule has 0 saturated heterocycles. The molecule has 0 fully saturated rings. The zero-order valence-corrected chi connectivity index (χ0v) is 21.6. The third-order valence-corrected chi connectivity index (χ3v) is 4.83. The molecule has 0 aliphatic carbocycles. The van der Waals surface area contributed by atoms with Gasteiger partial charge in [0.05, 0.1) is 0 Å². The number of benzene rings is 1. The van der Waals surface area contributed by atoms with Crippen LogP contribution in [0.3, 0.4) is 0 Å². The summed E-state index contributed by atoms with van der Waals surface area (Å²) in [5.74, 6) is -1.45. The van der Waals surface area contributed by atoms with Crippen molar-refractivity contribution in [1.82, 2.24) is 15.5 Å². The molecule has 0 spiro atoms. The standard InChI is InChI=1S/C25H40N4O5/c1-15(2)27-22(31)21(18-11-9-17(5)10-12-18)29(16(3)4)23(32)19(13-14-20(26)30)28-24(33)34-25(6,7)8/h9-12,15-16,19,21H,13-14H2,1-8H3,(H2,26,30)(H,27,31)(H,28,33). The lowest BCUT2D eigenvalue weighted by Gasteiger charge is -2.37. The second-order valence-electron chi connectivity index (χ2n) is 10.0. The van der Waals surface area contributed by atoms with E-state index in [1.165, 1.54) is 4.90 Å². The Balaban J connectivity index is 3.43. The van der Waals surface area contributed by atoms with Crippen molar-refractivity contribution >= 4 is 23.8 Å². The summed E-state index contributed by atoms with van der Waals surface area (Å²) in [5.41, 5.74) is 6.18. The highest BCUT2D eigenvalue weighted by Crippen LogP contribution is 2.26. The smallest absolute Gasteiger partial charge is 0.408 e. The van der Waals surface area contributed by atoms with Crippen molar-refractivity contribution in [3.8, 4) is 0 Å². The Labute approximate surface area is 202 Å². The SMILES string of the molecule is Cc1ccc(C(C(=O)NC(C)C)N(C(=O)C(CCC(N)=O)NC(=O)OC(C)(C)C)C(C)C)cc1. The molecular formula is C25H40N4O5. The summed E-state index contributed by atoms with van der Waals surface area (Å²) < 4.78 is 5.31. The van der Waals surface area contributed by atoms with Crippen LogP contribution in [0.1, 0.15) is 78.5 Å². The lowest BCUT2D eigenvalue weighted by molar-refractivity contribution is -0.145. The fourth-order valence-electron chi connectivity index (χ4n) is 3.40. The molecule has 2 atom stereocenters. The van der Waals surface area contributed by atoms with Crippen LogP contribution in [0.5, 0.6) is 0 Å². The number of hydrogen-bond donors (Lipinski definition) is 3. The van der Waals surface area contributed by atoms with Crippen molar-refractivity contribution in [3.63, 3.8) is 0 Å². The third kappa shape index (κ3) is 9.41. The Kier molecular flexibility index (Phi) is 10.5. The first-order valence-electron chi connectivity index (χ1n) is 11.6. The number of nitrogens with zero attached hydrogens (tertiary/aromatic N) is 1. The summed E-state index contributed by atoms with van der Waals surface area (Å²) in [6.07, 6.45) is -0.938. The molecule has 9 nitrogen and oxygen atoms in total. The number of carbonyl (C=O) groups is 4. The number of hydrogen-bond acceptors (Lipinski definition) is 5. The fourth-order valence-corrected chi connectivity index (χ4v) is 3.40. The van der Waals surface area contributed by atoms with Crippen LogP contribution in [0, 0.1) is 6.92 Å². The van der Waals surface area contributed by atoms with E-state index in [1.807, 2.05) is 45.0 Å². The highest BCUT2D eigenvalue weighted by atomic mass is 16.6. The molecule has 2 unspecified atom stereocenters. The zero-order valence-electron chi connectivity index (χ0n) is 21.6. The number of alkyl carbamates (subject to hydrolysis) is 1. The Morgan fingerprint density at radius 3 is 2.00 bits per heavy atom. The molecular weight excluding hydrogens is 436 g/mol. The maximum absolute atomic E-state index is 13.8. The Morgan fingerprint density at radius 2 is 1.56 bits per heavy atom. The summed E-state index contributed by atoms with van der Waals surface area (Å²) in [6.45, 7) is 14.3. The number of nitrogens with two attached hydrogens (primary N) is 1. The maximum atomic E-state index is 13.8.